The lowest BCUT2D eigenvalue weighted by Crippen LogP contribution is -2.57. The van der Waals surface area contributed by atoms with Gasteiger partial charge in [0.2, 0.25) is 5.43 Å². The van der Waals surface area contributed by atoms with Gasteiger partial charge in [-0.2, -0.15) is 0 Å². The van der Waals surface area contributed by atoms with E-state index in [0.29, 0.717) is 19.6 Å². The molecule has 1 aromatic carbocycles. The van der Waals surface area contributed by atoms with Crippen molar-refractivity contribution in [3.8, 4) is 5.75 Å². The predicted octanol–water partition coefficient (Wildman–Crippen LogP) is 2.05. The third-order valence-corrected chi connectivity index (χ3v) is 6.51. The highest BCUT2D eigenvalue weighted by Gasteiger charge is 2.41. The Kier molecular flexibility index (Phi) is 4.62. The van der Waals surface area contributed by atoms with Crippen LogP contribution < -0.4 is 10.3 Å². The minimum atomic E-state index is -0.812. The molecule has 0 spiro atoms. The summed E-state index contributed by atoms with van der Waals surface area (Å²) in [5.41, 5.74) is 1.94. The number of carbonyl (C=O) groups is 2. The van der Waals surface area contributed by atoms with E-state index in [1.54, 1.807) is 9.80 Å². The minimum absolute atomic E-state index is 0.0517. The Labute approximate surface area is 179 Å². The van der Waals surface area contributed by atoms with E-state index in [0.717, 1.165) is 29.7 Å². The molecule has 31 heavy (non-hydrogen) atoms. The zero-order chi connectivity index (χ0) is 21.9. The number of anilines is 1. The summed E-state index contributed by atoms with van der Waals surface area (Å²) >= 11 is 0. The molecule has 1 N–H and O–H groups in total. The molecule has 1 aromatic heterocycles. The molecule has 0 unspecified atom stereocenters. The smallest absolute Gasteiger partial charge is 0.276 e. The first-order valence-corrected chi connectivity index (χ1v) is 10.7. The first kappa shape index (κ1) is 19.8. The summed E-state index contributed by atoms with van der Waals surface area (Å²) in [5.74, 6) is -1.59. The Balaban J connectivity index is 1.57. The summed E-state index contributed by atoms with van der Waals surface area (Å²) in [6.07, 6.45) is 3.28. The lowest BCUT2D eigenvalue weighted by molar-refractivity contribution is -0.112. The fourth-order valence-corrected chi connectivity index (χ4v) is 4.89. The highest BCUT2D eigenvalue weighted by atomic mass is 16.5. The molecular formula is C23H25N3O5. The van der Waals surface area contributed by atoms with Crippen LogP contribution in [0.15, 0.2) is 29.2 Å². The first-order chi connectivity index (χ1) is 14.9. The molecule has 3 aliphatic rings. The van der Waals surface area contributed by atoms with Crippen molar-refractivity contribution in [1.82, 2.24) is 9.47 Å². The molecule has 3 aliphatic heterocycles. The second kappa shape index (κ2) is 7.23. The minimum Gasteiger partial charge on any atom is -0.503 e. The van der Waals surface area contributed by atoms with Crippen LogP contribution in [0, 0.1) is 6.92 Å². The number of nitrogens with zero attached hydrogens (tertiary/aromatic N) is 3. The lowest BCUT2D eigenvalue weighted by Gasteiger charge is -2.44. The van der Waals surface area contributed by atoms with E-state index in [1.807, 2.05) is 26.0 Å². The number of ether oxygens (including phenoxy) is 1. The zero-order valence-corrected chi connectivity index (χ0v) is 17.6. The Bertz CT molecular complexity index is 1150. The van der Waals surface area contributed by atoms with E-state index in [-0.39, 0.29) is 23.8 Å². The number of hydrogen-bond acceptors (Lipinski definition) is 5. The second-order valence-corrected chi connectivity index (χ2v) is 8.59. The fraction of sp³-hybridized carbons (Fsp3) is 0.435. The number of aromatic hydroxyl groups is 1. The topological polar surface area (TPSA) is 92.1 Å². The van der Waals surface area contributed by atoms with E-state index in [9.17, 15) is 19.5 Å². The van der Waals surface area contributed by atoms with Gasteiger partial charge in [-0.1, -0.05) is 17.7 Å². The molecule has 1 saturated heterocycles. The number of pyridine rings is 1. The molecule has 2 aromatic rings. The molecule has 162 valence electrons. The van der Waals surface area contributed by atoms with Gasteiger partial charge in [0, 0.05) is 24.5 Å². The maximum absolute atomic E-state index is 13.4. The van der Waals surface area contributed by atoms with Gasteiger partial charge in [-0.3, -0.25) is 14.4 Å². The Morgan fingerprint density at radius 1 is 1.26 bits per heavy atom. The van der Waals surface area contributed by atoms with Crippen molar-refractivity contribution in [2.75, 3.05) is 18.1 Å². The van der Waals surface area contributed by atoms with Crippen molar-refractivity contribution in [1.29, 1.82) is 0 Å². The lowest BCUT2D eigenvalue weighted by atomic mass is 9.98. The summed E-state index contributed by atoms with van der Waals surface area (Å²) in [6.45, 7) is 5.21. The summed E-state index contributed by atoms with van der Waals surface area (Å²) in [5, 5.41) is 10.7. The van der Waals surface area contributed by atoms with E-state index in [2.05, 4.69) is 6.07 Å². The van der Waals surface area contributed by atoms with Gasteiger partial charge in [-0.25, -0.2) is 0 Å². The van der Waals surface area contributed by atoms with Crippen LogP contribution in [-0.4, -0.2) is 51.8 Å². The first-order valence-electron chi connectivity index (χ1n) is 10.7. The van der Waals surface area contributed by atoms with Gasteiger partial charge in [-0.05, 0) is 44.7 Å². The van der Waals surface area contributed by atoms with Crippen LogP contribution >= 0.6 is 0 Å². The largest absolute Gasteiger partial charge is 0.503 e. The Hall–Kier alpha value is -3.13. The Morgan fingerprint density at radius 2 is 2.06 bits per heavy atom. The quantitative estimate of drug-likeness (QED) is 0.758. The number of fused-ring (bicyclic) bond motifs is 3. The molecule has 2 atom stereocenters. The van der Waals surface area contributed by atoms with E-state index in [1.165, 1.54) is 10.8 Å². The van der Waals surface area contributed by atoms with Crippen molar-refractivity contribution < 1.29 is 19.4 Å². The fourth-order valence-electron chi connectivity index (χ4n) is 4.89. The molecule has 0 aliphatic carbocycles. The molecule has 0 saturated carbocycles. The normalized spacial score (nSPS) is 22.6. The van der Waals surface area contributed by atoms with Crippen LogP contribution in [-0.2, 0) is 17.7 Å². The molecule has 8 nitrogen and oxygen atoms in total. The van der Waals surface area contributed by atoms with Crippen molar-refractivity contribution in [2.45, 2.75) is 51.9 Å². The Morgan fingerprint density at radius 3 is 2.87 bits per heavy atom. The number of aryl methyl sites for hydroxylation is 2. The van der Waals surface area contributed by atoms with Crippen molar-refractivity contribution in [3.63, 3.8) is 0 Å². The molecule has 1 fully saturated rings. The highest BCUT2D eigenvalue weighted by molar-refractivity contribution is 6.07. The van der Waals surface area contributed by atoms with Crippen LogP contribution in [0.1, 0.15) is 51.7 Å². The predicted molar refractivity (Wildman–Crippen MR) is 114 cm³/mol. The van der Waals surface area contributed by atoms with Gasteiger partial charge in [0.05, 0.1) is 13.2 Å². The van der Waals surface area contributed by atoms with Gasteiger partial charge >= 0.3 is 0 Å². The summed E-state index contributed by atoms with van der Waals surface area (Å²) in [4.78, 5) is 42.6. The summed E-state index contributed by atoms with van der Waals surface area (Å²) in [7, 11) is 0. The van der Waals surface area contributed by atoms with Crippen LogP contribution in [0.2, 0.25) is 0 Å². The van der Waals surface area contributed by atoms with E-state index in [4.69, 9.17) is 4.74 Å². The number of carbonyl (C=O) groups excluding carboxylic acids is 2. The van der Waals surface area contributed by atoms with Crippen LogP contribution in [0.25, 0.3) is 0 Å². The average molecular weight is 423 g/mol. The number of amides is 2. The number of benzene rings is 1. The standard InChI is InChI=1S/C23H25N3O5/c1-13-5-6-17-15(10-13)4-3-8-25(17)22(29)16-11-24-12-18-26(14(2)7-9-31-18)23(30)19(24)21(28)20(16)27/h5-6,10-11,14,18,28H,3-4,7-9,12H2,1-2H3/t14-,18+/m1/s1. The molecular weight excluding hydrogens is 398 g/mol. The average Bonchev–Trinajstić information content (AvgIpc) is 2.75. The van der Waals surface area contributed by atoms with Crippen LogP contribution in [0.3, 0.4) is 0 Å². The van der Waals surface area contributed by atoms with Gasteiger partial charge in [0.15, 0.2) is 17.7 Å². The van der Waals surface area contributed by atoms with E-state index < -0.39 is 29.2 Å². The SMILES string of the molecule is Cc1ccc2c(c1)CCCN2C(=O)c1cn2c(c(O)c1=O)C(=O)N1[C@H](C)CCO[C@H]1C2. The number of aromatic nitrogens is 1. The summed E-state index contributed by atoms with van der Waals surface area (Å²) in [6, 6.07) is 5.84. The van der Waals surface area contributed by atoms with E-state index >= 15 is 0 Å². The zero-order valence-electron chi connectivity index (χ0n) is 17.6. The third kappa shape index (κ3) is 3.05. The number of rotatable bonds is 1. The van der Waals surface area contributed by atoms with Crippen molar-refractivity contribution >= 4 is 17.5 Å². The number of hydrogen-bond donors (Lipinski definition) is 1. The maximum Gasteiger partial charge on any atom is 0.276 e. The maximum atomic E-state index is 13.4. The monoisotopic (exact) mass is 423 g/mol. The molecule has 2 amide bonds. The van der Waals surface area contributed by atoms with Gasteiger partial charge in [0.1, 0.15) is 5.56 Å². The highest BCUT2D eigenvalue weighted by Crippen LogP contribution is 2.31. The molecule has 5 rings (SSSR count). The molecule has 0 bridgehead atoms. The summed E-state index contributed by atoms with van der Waals surface area (Å²) < 4.78 is 7.24. The molecule has 0 radical (unpaired) electrons. The third-order valence-electron chi connectivity index (χ3n) is 6.51. The van der Waals surface area contributed by atoms with Gasteiger partial charge < -0.3 is 24.2 Å². The van der Waals surface area contributed by atoms with Crippen LogP contribution in [0.4, 0.5) is 5.69 Å². The van der Waals surface area contributed by atoms with Gasteiger partial charge in [0.25, 0.3) is 11.8 Å². The van der Waals surface area contributed by atoms with Crippen LogP contribution in [0.5, 0.6) is 5.75 Å². The van der Waals surface area contributed by atoms with Crippen molar-refractivity contribution in [3.05, 3.63) is 57.0 Å². The molecule has 8 heteroatoms. The second-order valence-electron chi connectivity index (χ2n) is 8.59. The molecule has 4 heterocycles. The van der Waals surface area contributed by atoms with Gasteiger partial charge in [-0.15, -0.1) is 0 Å². The van der Waals surface area contributed by atoms with Crippen molar-refractivity contribution in [2.24, 2.45) is 0 Å².